The van der Waals surface area contributed by atoms with Crippen LogP contribution >= 0.6 is 28.1 Å². The Bertz CT molecular complexity index is 406. The molecule has 17 heavy (non-hydrogen) atoms. The lowest BCUT2D eigenvalue weighted by Crippen LogP contribution is -2.23. The molecule has 2 atom stereocenters. The van der Waals surface area contributed by atoms with Gasteiger partial charge in [0.15, 0.2) is 0 Å². The SMILES string of the molecule is CCC(C)C(C)Nc1ccc(C(N)=S)c(Br)c1. The molecule has 0 aromatic heterocycles. The van der Waals surface area contributed by atoms with Crippen molar-refractivity contribution in [2.45, 2.75) is 33.2 Å². The summed E-state index contributed by atoms with van der Waals surface area (Å²) in [6.07, 6.45) is 1.17. The molecule has 1 aromatic carbocycles. The second-order valence-electron chi connectivity index (χ2n) is 4.38. The maximum Gasteiger partial charge on any atom is 0.105 e. The molecule has 1 rings (SSSR count). The van der Waals surface area contributed by atoms with Gasteiger partial charge < -0.3 is 11.1 Å². The van der Waals surface area contributed by atoms with Gasteiger partial charge in [-0.15, -0.1) is 0 Å². The Balaban J connectivity index is 2.81. The molecule has 94 valence electrons. The fourth-order valence-corrected chi connectivity index (χ4v) is 2.47. The van der Waals surface area contributed by atoms with Gasteiger partial charge in [0.2, 0.25) is 0 Å². The molecular weight excluding hydrogens is 296 g/mol. The summed E-state index contributed by atoms with van der Waals surface area (Å²) in [7, 11) is 0. The number of rotatable bonds is 5. The van der Waals surface area contributed by atoms with E-state index in [1.54, 1.807) is 0 Å². The van der Waals surface area contributed by atoms with E-state index in [9.17, 15) is 0 Å². The van der Waals surface area contributed by atoms with Crippen LogP contribution in [-0.2, 0) is 0 Å². The number of halogens is 1. The summed E-state index contributed by atoms with van der Waals surface area (Å²) < 4.78 is 0.936. The Morgan fingerprint density at radius 3 is 2.59 bits per heavy atom. The van der Waals surface area contributed by atoms with Crippen LogP contribution in [0.25, 0.3) is 0 Å². The van der Waals surface area contributed by atoms with Crippen molar-refractivity contribution in [1.29, 1.82) is 0 Å². The first kappa shape index (κ1) is 14.5. The van der Waals surface area contributed by atoms with Crippen molar-refractivity contribution in [3.63, 3.8) is 0 Å². The number of hydrogen-bond acceptors (Lipinski definition) is 2. The molecule has 2 nitrogen and oxygen atoms in total. The lowest BCUT2D eigenvalue weighted by Gasteiger charge is -2.21. The number of hydrogen-bond donors (Lipinski definition) is 2. The predicted molar refractivity (Wildman–Crippen MR) is 82.6 cm³/mol. The van der Waals surface area contributed by atoms with Crippen LogP contribution in [0.4, 0.5) is 5.69 Å². The quantitative estimate of drug-likeness (QED) is 0.809. The van der Waals surface area contributed by atoms with Gasteiger partial charge in [0, 0.05) is 21.8 Å². The van der Waals surface area contributed by atoms with Crippen LogP contribution in [0.1, 0.15) is 32.8 Å². The number of nitrogens with two attached hydrogens (primary N) is 1. The highest BCUT2D eigenvalue weighted by atomic mass is 79.9. The molecule has 0 aliphatic carbocycles. The molecule has 0 aliphatic rings. The van der Waals surface area contributed by atoms with E-state index in [1.165, 1.54) is 6.42 Å². The fraction of sp³-hybridized carbons (Fsp3) is 0.462. The molecule has 0 bridgehead atoms. The Hall–Kier alpha value is -0.610. The van der Waals surface area contributed by atoms with Crippen molar-refractivity contribution in [3.8, 4) is 0 Å². The van der Waals surface area contributed by atoms with Crippen LogP contribution in [-0.4, -0.2) is 11.0 Å². The highest BCUT2D eigenvalue weighted by molar-refractivity contribution is 9.10. The summed E-state index contributed by atoms with van der Waals surface area (Å²) >= 11 is 8.45. The summed E-state index contributed by atoms with van der Waals surface area (Å²) in [5, 5.41) is 3.49. The number of benzene rings is 1. The molecular formula is C13H19BrN2S. The van der Waals surface area contributed by atoms with Crippen molar-refractivity contribution in [3.05, 3.63) is 28.2 Å². The summed E-state index contributed by atoms with van der Waals surface area (Å²) in [6.45, 7) is 6.65. The van der Waals surface area contributed by atoms with E-state index in [0.29, 0.717) is 16.9 Å². The molecule has 3 N–H and O–H groups in total. The van der Waals surface area contributed by atoms with Crippen LogP contribution in [0.5, 0.6) is 0 Å². The predicted octanol–water partition coefficient (Wildman–Crippen LogP) is 3.93. The van der Waals surface area contributed by atoms with Gasteiger partial charge in [-0.25, -0.2) is 0 Å². The molecule has 0 radical (unpaired) electrons. The van der Waals surface area contributed by atoms with Crippen LogP contribution in [0.2, 0.25) is 0 Å². The number of nitrogens with one attached hydrogen (secondary N) is 1. The average molecular weight is 315 g/mol. The van der Waals surface area contributed by atoms with E-state index in [2.05, 4.69) is 42.0 Å². The summed E-state index contributed by atoms with van der Waals surface area (Å²) in [4.78, 5) is 0.415. The minimum Gasteiger partial charge on any atom is -0.389 e. The molecule has 2 unspecified atom stereocenters. The Labute approximate surface area is 117 Å². The lowest BCUT2D eigenvalue weighted by atomic mass is 10.0. The van der Waals surface area contributed by atoms with Crippen LogP contribution in [0.15, 0.2) is 22.7 Å². The van der Waals surface area contributed by atoms with Gasteiger partial charge >= 0.3 is 0 Å². The van der Waals surface area contributed by atoms with E-state index in [4.69, 9.17) is 18.0 Å². The second kappa shape index (κ2) is 6.36. The highest BCUT2D eigenvalue weighted by Crippen LogP contribution is 2.23. The van der Waals surface area contributed by atoms with Gasteiger partial charge in [-0.05, 0) is 47.0 Å². The molecule has 0 saturated carbocycles. The maximum absolute atomic E-state index is 5.62. The van der Waals surface area contributed by atoms with Crippen molar-refractivity contribution >= 4 is 38.8 Å². The van der Waals surface area contributed by atoms with Gasteiger partial charge in [0.1, 0.15) is 4.99 Å². The standard InChI is InChI=1S/C13H19BrN2S/c1-4-8(2)9(3)16-10-5-6-11(13(15)17)12(14)7-10/h5-9,16H,4H2,1-3H3,(H2,15,17). The highest BCUT2D eigenvalue weighted by Gasteiger charge is 2.10. The molecule has 0 heterocycles. The van der Waals surface area contributed by atoms with Crippen LogP contribution in [0.3, 0.4) is 0 Å². The first-order chi connectivity index (χ1) is 7.95. The van der Waals surface area contributed by atoms with E-state index < -0.39 is 0 Å². The molecule has 0 aliphatic heterocycles. The van der Waals surface area contributed by atoms with Gasteiger partial charge in [0.05, 0.1) is 0 Å². The topological polar surface area (TPSA) is 38.0 Å². The van der Waals surface area contributed by atoms with E-state index >= 15 is 0 Å². The fourth-order valence-electron chi connectivity index (χ4n) is 1.56. The second-order valence-corrected chi connectivity index (χ2v) is 5.67. The minimum atomic E-state index is 0.415. The summed E-state index contributed by atoms with van der Waals surface area (Å²) in [5.74, 6) is 0.643. The molecule has 4 heteroatoms. The third-order valence-electron chi connectivity index (χ3n) is 3.13. The number of thiocarbonyl (C=S) groups is 1. The van der Waals surface area contributed by atoms with E-state index in [-0.39, 0.29) is 0 Å². The molecule has 1 aromatic rings. The zero-order valence-electron chi connectivity index (χ0n) is 10.5. The Morgan fingerprint density at radius 2 is 2.12 bits per heavy atom. The van der Waals surface area contributed by atoms with Crippen molar-refractivity contribution in [2.24, 2.45) is 11.7 Å². The Morgan fingerprint density at radius 1 is 1.47 bits per heavy atom. The van der Waals surface area contributed by atoms with E-state index in [0.717, 1.165) is 15.7 Å². The van der Waals surface area contributed by atoms with Crippen molar-refractivity contribution < 1.29 is 0 Å². The monoisotopic (exact) mass is 314 g/mol. The van der Waals surface area contributed by atoms with Crippen LogP contribution in [0, 0.1) is 5.92 Å². The normalized spacial score (nSPS) is 14.1. The third-order valence-corrected chi connectivity index (χ3v) is 4.00. The Kier molecular flexibility index (Phi) is 5.40. The first-order valence-corrected chi connectivity index (χ1v) is 7.01. The van der Waals surface area contributed by atoms with Gasteiger partial charge in [0.25, 0.3) is 0 Å². The average Bonchev–Trinajstić information content (AvgIpc) is 2.27. The van der Waals surface area contributed by atoms with Crippen LogP contribution < -0.4 is 11.1 Å². The third kappa shape index (κ3) is 3.96. The van der Waals surface area contributed by atoms with Gasteiger partial charge in [-0.3, -0.25) is 0 Å². The summed E-state index contributed by atoms with van der Waals surface area (Å²) in [6, 6.07) is 6.42. The zero-order chi connectivity index (χ0) is 13.0. The van der Waals surface area contributed by atoms with Crippen molar-refractivity contribution in [1.82, 2.24) is 0 Å². The van der Waals surface area contributed by atoms with E-state index in [1.807, 2.05) is 18.2 Å². The molecule has 0 amide bonds. The first-order valence-electron chi connectivity index (χ1n) is 5.81. The molecule has 0 saturated heterocycles. The largest absolute Gasteiger partial charge is 0.389 e. The summed E-state index contributed by atoms with van der Waals surface area (Å²) in [5.41, 5.74) is 7.58. The van der Waals surface area contributed by atoms with Gasteiger partial charge in [-0.2, -0.15) is 0 Å². The molecule has 0 fully saturated rings. The maximum atomic E-state index is 5.62. The smallest absolute Gasteiger partial charge is 0.105 e. The lowest BCUT2D eigenvalue weighted by molar-refractivity contribution is 0.494. The minimum absolute atomic E-state index is 0.415. The zero-order valence-corrected chi connectivity index (χ0v) is 12.9. The van der Waals surface area contributed by atoms with Crippen molar-refractivity contribution in [2.75, 3.05) is 5.32 Å². The number of anilines is 1. The van der Waals surface area contributed by atoms with Gasteiger partial charge in [-0.1, -0.05) is 32.5 Å². The molecule has 0 spiro atoms.